The number of carbonyl (C=O) groups is 1. The third-order valence-corrected chi connectivity index (χ3v) is 4.32. The predicted octanol–water partition coefficient (Wildman–Crippen LogP) is 3.09. The number of hydrogen-bond acceptors (Lipinski definition) is 5. The minimum atomic E-state index is -0.0982. The number of Topliss-reactive ketones (excluding diaryl/α,β-unsaturated/α-hetero) is 1. The average molecular weight is 356 g/mol. The van der Waals surface area contributed by atoms with Crippen LogP contribution in [0.5, 0.6) is 0 Å². The molecular weight excluding hydrogens is 340 g/mol. The van der Waals surface area contributed by atoms with Gasteiger partial charge in [-0.05, 0) is 11.3 Å². The molecular formula is C20H16N6O. The molecule has 2 heterocycles. The van der Waals surface area contributed by atoms with E-state index in [2.05, 4.69) is 21.5 Å². The maximum absolute atomic E-state index is 12.9. The Kier molecular flexibility index (Phi) is 4.45. The van der Waals surface area contributed by atoms with E-state index in [0.29, 0.717) is 24.4 Å². The maximum atomic E-state index is 12.9. The Labute approximate surface area is 155 Å². The molecule has 0 N–H and O–H groups in total. The summed E-state index contributed by atoms with van der Waals surface area (Å²) in [5.74, 6) is 0.388. The van der Waals surface area contributed by atoms with Gasteiger partial charge in [-0.1, -0.05) is 48.5 Å². The van der Waals surface area contributed by atoms with Crippen molar-refractivity contribution in [3.63, 3.8) is 0 Å². The van der Waals surface area contributed by atoms with Crippen molar-refractivity contribution in [3.05, 3.63) is 66.4 Å². The standard InChI is InChI=1S/C20H16N6O/c21-11-6-12-25-13-17(16-9-4-5-10-18(16)25)19(27)14-26-23-20(22-24-26)15-7-2-1-3-8-15/h1-5,7-10,13H,6,12,14H2. The number of nitrogens with zero attached hydrogens (tertiary/aromatic N) is 6. The second kappa shape index (κ2) is 7.22. The summed E-state index contributed by atoms with van der Waals surface area (Å²) >= 11 is 0. The molecule has 0 saturated carbocycles. The van der Waals surface area contributed by atoms with Gasteiger partial charge in [0, 0.05) is 34.8 Å². The summed E-state index contributed by atoms with van der Waals surface area (Å²) in [4.78, 5) is 14.2. The molecule has 7 heteroatoms. The van der Waals surface area contributed by atoms with E-state index in [4.69, 9.17) is 5.26 Å². The largest absolute Gasteiger partial charge is 0.346 e. The van der Waals surface area contributed by atoms with Crippen molar-refractivity contribution in [1.29, 1.82) is 5.26 Å². The molecule has 0 amide bonds. The number of fused-ring (bicyclic) bond motifs is 1. The van der Waals surface area contributed by atoms with Crippen LogP contribution in [0.2, 0.25) is 0 Å². The second-order valence-corrected chi connectivity index (χ2v) is 6.09. The van der Waals surface area contributed by atoms with Crippen LogP contribution in [0.4, 0.5) is 0 Å². The highest BCUT2D eigenvalue weighted by atomic mass is 16.1. The zero-order valence-electron chi connectivity index (χ0n) is 14.5. The Morgan fingerprint density at radius 3 is 2.67 bits per heavy atom. The number of aryl methyl sites for hydroxylation is 1. The number of nitriles is 1. The molecule has 4 aromatic rings. The van der Waals surface area contributed by atoms with E-state index in [1.54, 1.807) is 6.20 Å². The molecule has 0 spiro atoms. The smallest absolute Gasteiger partial charge is 0.204 e. The van der Waals surface area contributed by atoms with Gasteiger partial charge < -0.3 is 4.57 Å². The maximum Gasteiger partial charge on any atom is 0.204 e. The first-order valence-corrected chi connectivity index (χ1v) is 8.57. The molecule has 2 aromatic heterocycles. The molecule has 0 unspecified atom stereocenters. The van der Waals surface area contributed by atoms with Crippen molar-refractivity contribution in [1.82, 2.24) is 24.8 Å². The van der Waals surface area contributed by atoms with Gasteiger partial charge in [-0.3, -0.25) is 4.79 Å². The van der Waals surface area contributed by atoms with E-state index in [0.717, 1.165) is 16.5 Å². The first-order chi connectivity index (χ1) is 13.3. The molecule has 132 valence electrons. The summed E-state index contributed by atoms with van der Waals surface area (Å²) < 4.78 is 1.94. The van der Waals surface area contributed by atoms with Crippen LogP contribution in [0.25, 0.3) is 22.3 Å². The second-order valence-electron chi connectivity index (χ2n) is 6.09. The highest BCUT2D eigenvalue weighted by Crippen LogP contribution is 2.22. The SMILES string of the molecule is N#CCCn1cc(C(=O)Cn2nnc(-c3ccccc3)n2)c2ccccc21. The zero-order chi connectivity index (χ0) is 18.6. The lowest BCUT2D eigenvalue weighted by molar-refractivity contribution is 0.0963. The number of aromatic nitrogens is 5. The Bertz CT molecular complexity index is 1140. The molecule has 0 aliphatic carbocycles. The highest BCUT2D eigenvalue weighted by molar-refractivity contribution is 6.07. The van der Waals surface area contributed by atoms with Gasteiger partial charge in [-0.25, -0.2) is 0 Å². The van der Waals surface area contributed by atoms with Crippen LogP contribution in [-0.2, 0) is 13.1 Å². The van der Waals surface area contributed by atoms with E-state index in [1.807, 2.05) is 59.2 Å². The minimum absolute atomic E-state index is 0.00604. The molecule has 7 nitrogen and oxygen atoms in total. The first kappa shape index (κ1) is 16.7. The van der Waals surface area contributed by atoms with E-state index >= 15 is 0 Å². The molecule has 2 aromatic carbocycles. The lowest BCUT2D eigenvalue weighted by Gasteiger charge is -2.00. The molecule has 0 radical (unpaired) electrons. The van der Waals surface area contributed by atoms with Crippen molar-refractivity contribution >= 4 is 16.7 Å². The van der Waals surface area contributed by atoms with Crippen LogP contribution in [0.3, 0.4) is 0 Å². The highest BCUT2D eigenvalue weighted by Gasteiger charge is 2.17. The van der Waals surface area contributed by atoms with Crippen LogP contribution >= 0.6 is 0 Å². The molecule has 0 fully saturated rings. The quantitative estimate of drug-likeness (QED) is 0.495. The Hall–Kier alpha value is -3.79. The van der Waals surface area contributed by atoms with Crippen LogP contribution < -0.4 is 0 Å². The first-order valence-electron chi connectivity index (χ1n) is 8.57. The van der Waals surface area contributed by atoms with Crippen molar-refractivity contribution in [3.8, 4) is 17.5 Å². The van der Waals surface area contributed by atoms with Crippen LogP contribution in [0.1, 0.15) is 16.8 Å². The fraction of sp³-hybridized carbons (Fsp3) is 0.150. The number of tetrazole rings is 1. The number of benzene rings is 2. The number of rotatable bonds is 6. The minimum Gasteiger partial charge on any atom is -0.346 e. The van der Waals surface area contributed by atoms with Crippen LogP contribution in [0, 0.1) is 11.3 Å². The van der Waals surface area contributed by atoms with Gasteiger partial charge in [0.2, 0.25) is 5.82 Å². The van der Waals surface area contributed by atoms with Gasteiger partial charge in [0.15, 0.2) is 5.78 Å². The summed E-state index contributed by atoms with van der Waals surface area (Å²) in [6.07, 6.45) is 2.19. The summed E-state index contributed by atoms with van der Waals surface area (Å²) in [5, 5.41) is 22.0. The summed E-state index contributed by atoms with van der Waals surface area (Å²) in [6.45, 7) is 0.552. The molecule has 0 saturated heterocycles. The number of carbonyl (C=O) groups excluding carboxylic acids is 1. The van der Waals surface area contributed by atoms with Gasteiger partial charge in [0.05, 0.1) is 12.5 Å². The third kappa shape index (κ3) is 3.33. The number of ketones is 1. The van der Waals surface area contributed by atoms with Crippen LogP contribution in [-0.4, -0.2) is 30.6 Å². The topological polar surface area (TPSA) is 89.4 Å². The predicted molar refractivity (Wildman–Crippen MR) is 99.8 cm³/mol. The van der Waals surface area contributed by atoms with Crippen molar-refractivity contribution in [2.45, 2.75) is 19.5 Å². The zero-order valence-corrected chi connectivity index (χ0v) is 14.5. The van der Waals surface area contributed by atoms with E-state index in [9.17, 15) is 4.79 Å². The molecule has 0 aliphatic rings. The van der Waals surface area contributed by atoms with E-state index in [-0.39, 0.29) is 12.3 Å². The normalized spacial score (nSPS) is 10.8. The molecule has 27 heavy (non-hydrogen) atoms. The summed E-state index contributed by atoms with van der Waals surface area (Å²) in [6, 6.07) is 19.3. The van der Waals surface area contributed by atoms with E-state index in [1.165, 1.54) is 4.80 Å². The Morgan fingerprint density at radius 2 is 1.85 bits per heavy atom. The summed E-state index contributed by atoms with van der Waals surface area (Å²) in [7, 11) is 0. The Balaban J connectivity index is 1.61. The van der Waals surface area contributed by atoms with Crippen molar-refractivity contribution in [2.24, 2.45) is 0 Å². The lowest BCUT2D eigenvalue weighted by atomic mass is 10.1. The van der Waals surface area contributed by atoms with Gasteiger partial charge in [0.25, 0.3) is 0 Å². The van der Waals surface area contributed by atoms with Crippen molar-refractivity contribution < 1.29 is 4.79 Å². The monoisotopic (exact) mass is 356 g/mol. The van der Waals surface area contributed by atoms with Crippen molar-refractivity contribution in [2.75, 3.05) is 0 Å². The molecule has 0 atom stereocenters. The molecule has 0 aliphatic heterocycles. The fourth-order valence-corrected chi connectivity index (χ4v) is 3.05. The van der Waals surface area contributed by atoms with Gasteiger partial charge in [0.1, 0.15) is 6.54 Å². The van der Waals surface area contributed by atoms with Crippen LogP contribution in [0.15, 0.2) is 60.8 Å². The molecule has 0 bridgehead atoms. The average Bonchev–Trinajstić information content (AvgIpc) is 3.32. The Morgan fingerprint density at radius 1 is 1.07 bits per heavy atom. The number of para-hydroxylation sites is 1. The third-order valence-electron chi connectivity index (χ3n) is 4.32. The van der Waals surface area contributed by atoms with Gasteiger partial charge in [-0.15, -0.1) is 10.2 Å². The molecule has 4 rings (SSSR count). The van der Waals surface area contributed by atoms with E-state index < -0.39 is 0 Å². The fourth-order valence-electron chi connectivity index (χ4n) is 3.05. The van der Waals surface area contributed by atoms with Gasteiger partial charge >= 0.3 is 0 Å². The number of hydrogen-bond donors (Lipinski definition) is 0. The van der Waals surface area contributed by atoms with Gasteiger partial charge in [-0.2, -0.15) is 10.1 Å². The lowest BCUT2D eigenvalue weighted by Crippen LogP contribution is -2.13. The summed E-state index contributed by atoms with van der Waals surface area (Å²) in [5.41, 5.74) is 2.39.